The molecule has 1 aromatic heterocycles. The van der Waals surface area contributed by atoms with Gasteiger partial charge in [-0.1, -0.05) is 6.92 Å². The SMILES string of the molecule is CCC(=O)N1CCC[C@@H](C(=O)Nc2ccc(Nc3ccc(C(F)(F)F)cn3)cc2)C1. The van der Waals surface area contributed by atoms with Crippen LogP contribution in [0, 0.1) is 5.92 Å². The number of nitrogens with one attached hydrogen (secondary N) is 2. The number of aromatic nitrogens is 1. The van der Waals surface area contributed by atoms with Crippen molar-refractivity contribution in [1.82, 2.24) is 9.88 Å². The maximum absolute atomic E-state index is 12.6. The van der Waals surface area contributed by atoms with Crippen molar-refractivity contribution in [2.75, 3.05) is 23.7 Å². The lowest BCUT2D eigenvalue weighted by Crippen LogP contribution is -2.43. The van der Waals surface area contributed by atoms with E-state index in [1.54, 1.807) is 29.2 Å². The number of carbonyl (C=O) groups excluding carboxylic acids is 2. The van der Waals surface area contributed by atoms with Gasteiger partial charge in [0.25, 0.3) is 0 Å². The fourth-order valence-electron chi connectivity index (χ4n) is 3.31. The quantitative estimate of drug-likeness (QED) is 0.751. The molecule has 0 spiro atoms. The van der Waals surface area contributed by atoms with Crippen LogP contribution < -0.4 is 10.6 Å². The highest BCUT2D eigenvalue weighted by Crippen LogP contribution is 2.29. The minimum Gasteiger partial charge on any atom is -0.342 e. The second-order valence-electron chi connectivity index (χ2n) is 7.15. The molecule has 2 aromatic rings. The molecule has 2 amide bonds. The number of carbonyl (C=O) groups is 2. The number of nitrogens with zero attached hydrogens (tertiary/aromatic N) is 2. The fourth-order valence-corrected chi connectivity index (χ4v) is 3.31. The van der Waals surface area contributed by atoms with Crippen LogP contribution in [0.15, 0.2) is 42.6 Å². The average Bonchev–Trinajstić information content (AvgIpc) is 2.74. The number of halogens is 3. The van der Waals surface area contributed by atoms with Gasteiger partial charge in [-0.3, -0.25) is 9.59 Å². The van der Waals surface area contributed by atoms with Gasteiger partial charge in [-0.05, 0) is 49.2 Å². The molecule has 9 heteroatoms. The summed E-state index contributed by atoms with van der Waals surface area (Å²) in [6.07, 6.45) is -1.69. The number of rotatable bonds is 5. The van der Waals surface area contributed by atoms with Gasteiger partial charge in [0, 0.05) is 37.1 Å². The van der Waals surface area contributed by atoms with Gasteiger partial charge in [-0.2, -0.15) is 13.2 Å². The van der Waals surface area contributed by atoms with Gasteiger partial charge in [0.2, 0.25) is 11.8 Å². The lowest BCUT2D eigenvalue weighted by Gasteiger charge is -2.31. The van der Waals surface area contributed by atoms with Crippen LogP contribution in [0.1, 0.15) is 31.7 Å². The van der Waals surface area contributed by atoms with Gasteiger partial charge in [0.15, 0.2) is 0 Å². The van der Waals surface area contributed by atoms with E-state index in [2.05, 4.69) is 15.6 Å². The number of hydrogen-bond donors (Lipinski definition) is 2. The minimum absolute atomic E-state index is 0.0554. The lowest BCUT2D eigenvalue weighted by molar-refractivity contribution is -0.138. The zero-order valence-electron chi connectivity index (χ0n) is 16.5. The summed E-state index contributed by atoms with van der Waals surface area (Å²) in [5, 5.41) is 5.77. The number of amides is 2. The predicted molar refractivity (Wildman–Crippen MR) is 107 cm³/mol. The Bertz CT molecular complexity index is 883. The van der Waals surface area contributed by atoms with Crippen molar-refractivity contribution in [1.29, 1.82) is 0 Å². The highest BCUT2D eigenvalue weighted by atomic mass is 19.4. The van der Waals surface area contributed by atoms with Crippen molar-refractivity contribution in [3.05, 3.63) is 48.2 Å². The van der Waals surface area contributed by atoms with Gasteiger partial charge in [-0.15, -0.1) is 0 Å². The van der Waals surface area contributed by atoms with Crippen LogP contribution in [0.4, 0.5) is 30.4 Å². The lowest BCUT2D eigenvalue weighted by atomic mass is 9.96. The van der Waals surface area contributed by atoms with Gasteiger partial charge in [-0.25, -0.2) is 4.98 Å². The molecule has 1 aliphatic rings. The number of hydrogen-bond acceptors (Lipinski definition) is 4. The first-order valence-corrected chi connectivity index (χ1v) is 9.75. The first-order valence-electron chi connectivity index (χ1n) is 9.75. The average molecular weight is 420 g/mol. The van der Waals surface area contributed by atoms with E-state index in [-0.39, 0.29) is 23.6 Å². The summed E-state index contributed by atoms with van der Waals surface area (Å²) >= 11 is 0. The molecule has 0 aliphatic carbocycles. The Hall–Kier alpha value is -3.10. The Balaban J connectivity index is 1.56. The maximum Gasteiger partial charge on any atom is 0.417 e. The molecular formula is C21H23F3N4O2. The summed E-state index contributed by atoms with van der Waals surface area (Å²) in [5.41, 5.74) is 0.413. The number of benzene rings is 1. The molecule has 1 fully saturated rings. The molecule has 160 valence electrons. The van der Waals surface area contributed by atoms with Crippen molar-refractivity contribution < 1.29 is 22.8 Å². The standard InChI is InChI=1S/C21H23F3N4O2/c1-2-19(29)28-11-3-4-14(13-28)20(30)27-17-8-6-16(7-9-17)26-18-10-5-15(12-25-18)21(22,23)24/h5-10,12,14H,2-4,11,13H2,1H3,(H,25,26)(H,27,30)/t14-/m1/s1. The molecule has 1 saturated heterocycles. The van der Waals surface area contributed by atoms with E-state index in [4.69, 9.17) is 0 Å². The normalized spacial score (nSPS) is 16.8. The predicted octanol–water partition coefficient (Wildman–Crippen LogP) is 4.43. The van der Waals surface area contributed by atoms with E-state index in [1.807, 2.05) is 6.92 Å². The highest BCUT2D eigenvalue weighted by molar-refractivity contribution is 5.93. The third-order valence-corrected chi connectivity index (χ3v) is 4.96. The monoisotopic (exact) mass is 420 g/mol. The Morgan fingerprint density at radius 2 is 1.83 bits per heavy atom. The van der Waals surface area contributed by atoms with Crippen LogP contribution >= 0.6 is 0 Å². The smallest absolute Gasteiger partial charge is 0.342 e. The van der Waals surface area contributed by atoms with Crippen LogP contribution in [-0.4, -0.2) is 34.8 Å². The zero-order valence-corrected chi connectivity index (χ0v) is 16.5. The van der Waals surface area contributed by atoms with Gasteiger partial charge >= 0.3 is 6.18 Å². The Labute approximate surface area is 172 Å². The number of alkyl halides is 3. The largest absolute Gasteiger partial charge is 0.417 e. The Kier molecular flexibility index (Phi) is 6.59. The summed E-state index contributed by atoms with van der Waals surface area (Å²) in [6.45, 7) is 2.92. The molecular weight excluding hydrogens is 397 g/mol. The van der Waals surface area contributed by atoms with Crippen molar-refractivity contribution >= 4 is 29.0 Å². The second-order valence-corrected chi connectivity index (χ2v) is 7.15. The van der Waals surface area contributed by atoms with Crippen molar-refractivity contribution in [3.8, 4) is 0 Å². The van der Waals surface area contributed by atoms with Crippen LogP contribution in [-0.2, 0) is 15.8 Å². The van der Waals surface area contributed by atoms with Gasteiger partial charge in [0.05, 0.1) is 11.5 Å². The van der Waals surface area contributed by atoms with E-state index >= 15 is 0 Å². The highest BCUT2D eigenvalue weighted by Gasteiger charge is 2.30. The Morgan fingerprint density at radius 3 is 2.43 bits per heavy atom. The summed E-state index contributed by atoms with van der Waals surface area (Å²) < 4.78 is 37.8. The van der Waals surface area contributed by atoms with Crippen molar-refractivity contribution in [2.45, 2.75) is 32.4 Å². The third kappa shape index (κ3) is 5.49. The summed E-state index contributed by atoms with van der Waals surface area (Å²) in [6, 6.07) is 9.00. The molecule has 0 saturated carbocycles. The molecule has 2 N–H and O–H groups in total. The summed E-state index contributed by atoms with van der Waals surface area (Å²) in [5.74, 6) is -0.0420. The second kappa shape index (κ2) is 9.15. The first kappa shape index (κ1) is 21.6. The molecule has 6 nitrogen and oxygen atoms in total. The van der Waals surface area contributed by atoms with Crippen molar-refractivity contribution in [2.24, 2.45) is 5.92 Å². The van der Waals surface area contributed by atoms with Crippen molar-refractivity contribution in [3.63, 3.8) is 0 Å². The number of piperidine rings is 1. The number of pyridine rings is 1. The summed E-state index contributed by atoms with van der Waals surface area (Å²) in [4.78, 5) is 29.9. The van der Waals surface area contributed by atoms with Crippen LogP contribution in [0.3, 0.4) is 0 Å². The van der Waals surface area contributed by atoms with Gasteiger partial charge in [0.1, 0.15) is 5.82 Å². The van der Waals surface area contributed by atoms with E-state index in [0.717, 1.165) is 25.1 Å². The Morgan fingerprint density at radius 1 is 1.13 bits per heavy atom. The molecule has 1 aromatic carbocycles. The molecule has 0 unspecified atom stereocenters. The van der Waals surface area contributed by atoms with E-state index in [1.165, 1.54) is 6.07 Å². The zero-order chi connectivity index (χ0) is 21.7. The number of likely N-dealkylation sites (tertiary alicyclic amines) is 1. The molecule has 30 heavy (non-hydrogen) atoms. The molecule has 0 bridgehead atoms. The topological polar surface area (TPSA) is 74.3 Å². The molecule has 1 atom stereocenters. The minimum atomic E-state index is -4.43. The molecule has 0 radical (unpaired) electrons. The van der Waals surface area contributed by atoms with Crippen LogP contribution in [0.5, 0.6) is 0 Å². The number of anilines is 3. The van der Waals surface area contributed by atoms with E-state index < -0.39 is 11.7 Å². The molecule has 2 heterocycles. The molecule has 3 rings (SSSR count). The maximum atomic E-state index is 12.6. The van der Waals surface area contributed by atoms with Crippen LogP contribution in [0.2, 0.25) is 0 Å². The van der Waals surface area contributed by atoms with Gasteiger partial charge < -0.3 is 15.5 Å². The summed E-state index contributed by atoms with van der Waals surface area (Å²) in [7, 11) is 0. The first-order chi connectivity index (χ1) is 14.3. The van der Waals surface area contributed by atoms with E-state index in [0.29, 0.717) is 30.9 Å². The van der Waals surface area contributed by atoms with E-state index in [9.17, 15) is 22.8 Å². The fraction of sp³-hybridized carbons (Fsp3) is 0.381. The third-order valence-electron chi connectivity index (χ3n) is 4.96. The molecule has 1 aliphatic heterocycles. The van der Waals surface area contributed by atoms with Crippen LogP contribution in [0.25, 0.3) is 0 Å².